The molecular weight excluding hydrogens is 272 g/mol. The first kappa shape index (κ1) is 19.2. The van der Waals surface area contributed by atoms with Gasteiger partial charge in [-0.3, -0.25) is 0 Å². The third kappa shape index (κ3) is 6.10. The van der Waals surface area contributed by atoms with Crippen LogP contribution >= 0.6 is 0 Å². The summed E-state index contributed by atoms with van der Waals surface area (Å²) in [6.07, 6.45) is 5.30. The van der Waals surface area contributed by atoms with Crippen molar-refractivity contribution >= 4 is 0 Å². The van der Waals surface area contributed by atoms with Crippen molar-refractivity contribution in [1.29, 1.82) is 0 Å². The van der Waals surface area contributed by atoms with E-state index in [0.717, 1.165) is 32.1 Å². The maximum absolute atomic E-state index is 8.98. The summed E-state index contributed by atoms with van der Waals surface area (Å²) in [6.45, 7) is 11.6. The van der Waals surface area contributed by atoms with Crippen LogP contribution in [0.3, 0.4) is 0 Å². The average molecular weight is 306 g/mol. The first-order valence-electron chi connectivity index (χ1n) is 8.82. The number of rotatable bonds is 10. The van der Waals surface area contributed by atoms with E-state index in [4.69, 9.17) is 9.84 Å². The summed E-state index contributed by atoms with van der Waals surface area (Å²) in [6, 6.07) is 7.04. The molecule has 0 saturated heterocycles. The highest BCUT2D eigenvalue weighted by atomic mass is 16.5. The molecule has 0 heterocycles. The molecule has 0 aliphatic rings. The minimum Gasteiger partial charge on any atom is -0.394 e. The number of ether oxygens (including phenoxy) is 1. The number of aliphatic hydroxyl groups excluding tert-OH is 1. The van der Waals surface area contributed by atoms with E-state index in [9.17, 15) is 0 Å². The molecule has 126 valence electrons. The van der Waals surface area contributed by atoms with Gasteiger partial charge in [-0.1, -0.05) is 45.9 Å². The van der Waals surface area contributed by atoms with Crippen LogP contribution in [-0.4, -0.2) is 23.9 Å². The third-order valence-corrected chi connectivity index (χ3v) is 4.58. The summed E-state index contributed by atoms with van der Waals surface area (Å²) in [5, 5.41) is 8.98. The van der Waals surface area contributed by atoms with Crippen LogP contribution in [0, 0.1) is 5.92 Å². The second kappa shape index (κ2) is 9.32. The Labute approximate surface area is 136 Å². The molecule has 0 aromatic heterocycles. The van der Waals surface area contributed by atoms with Crippen molar-refractivity contribution in [2.24, 2.45) is 5.92 Å². The van der Waals surface area contributed by atoms with Gasteiger partial charge < -0.3 is 9.84 Å². The van der Waals surface area contributed by atoms with Crippen molar-refractivity contribution in [3.05, 3.63) is 34.9 Å². The van der Waals surface area contributed by atoms with Gasteiger partial charge in [-0.05, 0) is 61.6 Å². The Hall–Kier alpha value is -0.860. The SMILES string of the molecule is CCc1cc(CC)cc(CC(C)CC(C)(CC)OCCO)c1. The number of hydrogen-bond donors (Lipinski definition) is 1. The van der Waals surface area contributed by atoms with Crippen LogP contribution in [0.4, 0.5) is 0 Å². The lowest BCUT2D eigenvalue weighted by molar-refractivity contribution is -0.0612. The second-order valence-electron chi connectivity index (χ2n) is 6.75. The summed E-state index contributed by atoms with van der Waals surface area (Å²) < 4.78 is 5.88. The van der Waals surface area contributed by atoms with Gasteiger partial charge in [0.2, 0.25) is 0 Å². The molecule has 22 heavy (non-hydrogen) atoms. The van der Waals surface area contributed by atoms with Crippen molar-refractivity contribution in [2.75, 3.05) is 13.2 Å². The maximum atomic E-state index is 8.98. The van der Waals surface area contributed by atoms with Gasteiger partial charge in [-0.25, -0.2) is 0 Å². The van der Waals surface area contributed by atoms with Crippen LogP contribution in [0.5, 0.6) is 0 Å². The highest BCUT2D eigenvalue weighted by Gasteiger charge is 2.25. The van der Waals surface area contributed by atoms with Gasteiger partial charge in [0.05, 0.1) is 18.8 Å². The molecule has 2 nitrogen and oxygen atoms in total. The quantitative estimate of drug-likeness (QED) is 0.687. The van der Waals surface area contributed by atoms with E-state index in [1.54, 1.807) is 0 Å². The number of benzene rings is 1. The van der Waals surface area contributed by atoms with Gasteiger partial charge in [-0.15, -0.1) is 0 Å². The van der Waals surface area contributed by atoms with E-state index in [-0.39, 0.29) is 12.2 Å². The van der Waals surface area contributed by atoms with E-state index in [0.29, 0.717) is 12.5 Å². The van der Waals surface area contributed by atoms with Crippen LogP contribution in [0.1, 0.15) is 64.2 Å². The van der Waals surface area contributed by atoms with Crippen LogP contribution in [0.2, 0.25) is 0 Å². The molecule has 2 unspecified atom stereocenters. The molecule has 1 aromatic rings. The lowest BCUT2D eigenvalue weighted by atomic mass is 9.86. The van der Waals surface area contributed by atoms with E-state index in [2.05, 4.69) is 52.8 Å². The summed E-state index contributed by atoms with van der Waals surface area (Å²) in [5.74, 6) is 0.570. The van der Waals surface area contributed by atoms with Crippen LogP contribution < -0.4 is 0 Å². The molecule has 0 fully saturated rings. The van der Waals surface area contributed by atoms with Crippen molar-refractivity contribution in [1.82, 2.24) is 0 Å². The molecular formula is C20H34O2. The number of aryl methyl sites for hydroxylation is 2. The van der Waals surface area contributed by atoms with Crippen LogP contribution in [0.25, 0.3) is 0 Å². The number of hydrogen-bond acceptors (Lipinski definition) is 2. The summed E-state index contributed by atoms with van der Waals surface area (Å²) in [4.78, 5) is 0. The molecule has 0 amide bonds. The fourth-order valence-corrected chi connectivity index (χ4v) is 3.17. The largest absolute Gasteiger partial charge is 0.394 e. The zero-order chi connectivity index (χ0) is 16.6. The molecule has 0 saturated carbocycles. The minimum absolute atomic E-state index is 0.0996. The van der Waals surface area contributed by atoms with Gasteiger partial charge in [-0.2, -0.15) is 0 Å². The Bertz CT molecular complexity index is 419. The Morgan fingerprint density at radius 1 is 1.05 bits per heavy atom. The normalized spacial score (nSPS) is 15.5. The Balaban J connectivity index is 2.72. The van der Waals surface area contributed by atoms with Crippen molar-refractivity contribution in [2.45, 2.75) is 72.3 Å². The van der Waals surface area contributed by atoms with Crippen molar-refractivity contribution in [3.63, 3.8) is 0 Å². The zero-order valence-electron chi connectivity index (χ0n) is 15.1. The highest BCUT2D eigenvalue weighted by Crippen LogP contribution is 2.27. The molecule has 2 atom stereocenters. The maximum Gasteiger partial charge on any atom is 0.0705 e. The smallest absolute Gasteiger partial charge is 0.0705 e. The molecule has 1 aromatic carbocycles. The van der Waals surface area contributed by atoms with Gasteiger partial charge in [0.25, 0.3) is 0 Å². The lowest BCUT2D eigenvalue weighted by Crippen LogP contribution is -2.32. The topological polar surface area (TPSA) is 29.5 Å². The Morgan fingerprint density at radius 2 is 1.59 bits per heavy atom. The van der Waals surface area contributed by atoms with Gasteiger partial charge in [0.15, 0.2) is 0 Å². The standard InChI is InChI=1S/C20H34O2/c1-6-17-12-18(7-2)14-19(13-17)11-16(4)15-20(5,8-3)22-10-9-21/h12-14,16,21H,6-11,15H2,1-5H3. The molecule has 1 rings (SSSR count). The van der Waals surface area contributed by atoms with E-state index < -0.39 is 0 Å². The molecule has 0 aliphatic heterocycles. The van der Waals surface area contributed by atoms with E-state index >= 15 is 0 Å². The Kier molecular flexibility index (Phi) is 8.13. The van der Waals surface area contributed by atoms with Gasteiger partial charge in [0.1, 0.15) is 0 Å². The predicted molar refractivity (Wildman–Crippen MR) is 94.4 cm³/mol. The minimum atomic E-state index is -0.127. The Morgan fingerprint density at radius 3 is 2.05 bits per heavy atom. The zero-order valence-corrected chi connectivity index (χ0v) is 15.1. The van der Waals surface area contributed by atoms with Crippen molar-refractivity contribution in [3.8, 4) is 0 Å². The molecule has 1 N–H and O–H groups in total. The number of aliphatic hydroxyl groups is 1. The van der Waals surface area contributed by atoms with Crippen molar-refractivity contribution < 1.29 is 9.84 Å². The molecule has 0 spiro atoms. The summed E-state index contributed by atoms with van der Waals surface area (Å²) in [7, 11) is 0. The molecule has 2 heteroatoms. The molecule has 0 aliphatic carbocycles. The van der Waals surface area contributed by atoms with E-state index in [1.807, 2.05) is 0 Å². The first-order valence-corrected chi connectivity index (χ1v) is 8.82. The highest BCUT2D eigenvalue weighted by molar-refractivity contribution is 5.30. The third-order valence-electron chi connectivity index (χ3n) is 4.58. The predicted octanol–water partition coefficient (Wildman–Crippen LogP) is 4.56. The molecule has 0 bridgehead atoms. The molecule has 0 radical (unpaired) electrons. The fraction of sp³-hybridized carbons (Fsp3) is 0.700. The van der Waals surface area contributed by atoms with Crippen LogP contribution in [0.15, 0.2) is 18.2 Å². The summed E-state index contributed by atoms with van der Waals surface area (Å²) >= 11 is 0. The summed E-state index contributed by atoms with van der Waals surface area (Å²) in [5.41, 5.74) is 4.20. The monoisotopic (exact) mass is 306 g/mol. The first-order chi connectivity index (χ1) is 10.5. The second-order valence-corrected chi connectivity index (χ2v) is 6.75. The van der Waals surface area contributed by atoms with Gasteiger partial charge in [0, 0.05) is 0 Å². The van der Waals surface area contributed by atoms with Crippen LogP contribution in [-0.2, 0) is 24.0 Å². The van der Waals surface area contributed by atoms with Gasteiger partial charge >= 0.3 is 0 Å². The fourth-order valence-electron chi connectivity index (χ4n) is 3.17. The average Bonchev–Trinajstić information content (AvgIpc) is 2.52. The van der Waals surface area contributed by atoms with E-state index in [1.165, 1.54) is 16.7 Å². The lowest BCUT2D eigenvalue weighted by Gasteiger charge is -2.31.